The Kier molecular flexibility index (Phi) is 8.34. The van der Waals surface area contributed by atoms with E-state index < -0.39 is 26.0 Å². The van der Waals surface area contributed by atoms with Crippen LogP contribution in [0.25, 0.3) is 0 Å². The second-order valence-electron chi connectivity index (χ2n) is 9.24. The number of nitrogens with zero attached hydrogens (tertiary/aromatic N) is 2. The van der Waals surface area contributed by atoms with E-state index in [1.807, 2.05) is 6.92 Å². The van der Waals surface area contributed by atoms with Gasteiger partial charge in [0, 0.05) is 26.2 Å². The molecule has 0 radical (unpaired) electrons. The predicted octanol–water partition coefficient (Wildman–Crippen LogP) is 2.38. The standard InChI is InChI=1S/C25H33N3O6S2/c1-20-6-10-23(11-7-20)36(32,33)28-17-4-5-21(19-28)25(29)26-14-18-34-22-8-12-24(13-9-22)35(30,31)27-15-2-3-16-27/h6-13,21H,2-5,14-19H2,1H3,(H,26,29). The van der Waals surface area contributed by atoms with Gasteiger partial charge in [-0.05, 0) is 69.0 Å². The van der Waals surface area contributed by atoms with Crippen LogP contribution in [0.1, 0.15) is 31.2 Å². The van der Waals surface area contributed by atoms with Crippen LogP contribution in [0.3, 0.4) is 0 Å². The Labute approximate surface area is 213 Å². The number of rotatable bonds is 9. The van der Waals surface area contributed by atoms with Gasteiger partial charge in [-0.25, -0.2) is 16.8 Å². The lowest BCUT2D eigenvalue weighted by molar-refractivity contribution is -0.126. The van der Waals surface area contributed by atoms with E-state index in [0.29, 0.717) is 38.2 Å². The van der Waals surface area contributed by atoms with Crippen LogP contribution in [0.5, 0.6) is 5.75 Å². The fraction of sp³-hybridized carbons (Fsp3) is 0.480. The number of piperidine rings is 1. The van der Waals surface area contributed by atoms with E-state index in [4.69, 9.17) is 4.74 Å². The molecule has 2 aromatic rings. The van der Waals surface area contributed by atoms with Gasteiger partial charge in [0.1, 0.15) is 12.4 Å². The van der Waals surface area contributed by atoms with E-state index in [2.05, 4.69) is 5.32 Å². The lowest BCUT2D eigenvalue weighted by atomic mass is 9.99. The molecule has 2 saturated heterocycles. The summed E-state index contributed by atoms with van der Waals surface area (Å²) < 4.78 is 59.7. The van der Waals surface area contributed by atoms with Crippen LogP contribution in [0.2, 0.25) is 0 Å². The molecule has 2 heterocycles. The van der Waals surface area contributed by atoms with Crippen molar-refractivity contribution in [1.82, 2.24) is 13.9 Å². The van der Waals surface area contributed by atoms with E-state index in [-0.39, 0.29) is 35.4 Å². The van der Waals surface area contributed by atoms with Crippen molar-refractivity contribution in [2.45, 2.75) is 42.4 Å². The number of hydrogen-bond donors (Lipinski definition) is 1. The van der Waals surface area contributed by atoms with Gasteiger partial charge in [0.15, 0.2) is 0 Å². The lowest BCUT2D eigenvalue weighted by Gasteiger charge is -2.31. The van der Waals surface area contributed by atoms with Gasteiger partial charge in [0.25, 0.3) is 0 Å². The minimum absolute atomic E-state index is 0.149. The summed E-state index contributed by atoms with van der Waals surface area (Å²) >= 11 is 0. The first-order valence-corrected chi connectivity index (χ1v) is 15.1. The molecular formula is C25H33N3O6S2. The Morgan fingerprint density at radius 2 is 1.42 bits per heavy atom. The number of hydrogen-bond acceptors (Lipinski definition) is 6. The van der Waals surface area contributed by atoms with Gasteiger partial charge >= 0.3 is 0 Å². The molecule has 36 heavy (non-hydrogen) atoms. The number of amides is 1. The van der Waals surface area contributed by atoms with Crippen LogP contribution < -0.4 is 10.1 Å². The van der Waals surface area contributed by atoms with Crippen molar-refractivity contribution in [2.75, 3.05) is 39.3 Å². The van der Waals surface area contributed by atoms with Crippen LogP contribution in [-0.4, -0.2) is 70.7 Å². The van der Waals surface area contributed by atoms with Gasteiger partial charge in [0.05, 0.1) is 22.3 Å². The number of benzene rings is 2. The van der Waals surface area contributed by atoms with Crippen LogP contribution in [0.15, 0.2) is 58.3 Å². The highest BCUT2D eigenvalue weighted by Crippen LogP contribution is 2.25. The summed E-state index contributed by atoms with van der Waals surface area (Å²) in [6.07, 6.45) is 3.01. The topological polar surface area (TPSA) is 113 Å². The minimum Gasteiger partial charge on any atom is -0.492 e. The average Bonchev–Trinajstić information content (AvgIpc) is 3.43. The number of ether oxygens (including phenoxy) is 1. The van der Waals surface area contributed by atoms with E-state index >= 15 is 0 Å². The number of nitrogens with one attached hydrogen (secondary N) is 1. The molecule has 0 saturated carbocycles. The zero-order valence-corrected chi connectivity index (χ0v) is 22.1. The molecule has 196 valence electrons. The molecule has 11 heteroatoms. The maximum atomic E-state index is 13.0. The summed E-state index contributed by atoms with van der Waals surface area (Å²) in [5, 5.41) is 2.83. The highest BCUT2D eigenvalue weighted by atomic mass is 32.2. The molecular weight excluding hydrogens is 502 g/mol. The molecule has 2 fully saturated rings. The maximum absolute atomic E-state index is 13.0. The van der Waals surface area contributed by atoms with E-state index in [1.54, 1.807) is 36.4 Å². The van der Waals surface area contributed by atoms with Crippen molar-refractivity contribution in [3.63, 3.8) is 0 Å². The molecule has 0 aliphatic carbocycles. The first kappa shape index (κ1) is 26.6. The van der Waals surface area contributed by atoms with E-state index in [1.165, 1.54) is 20.7 Å². The average molecular weight is 536 g/mol. The van der Waals surface area contributed by atoms with Gasteiger partial charge in [-0.2, -0.15) is 8.61 Å². The summed E-state index contributed by atoms with van der Waals surface area (Å²) in [6, 6.07) is 13.0. The molecule has 1 N–H and O–H groups in total. The summed E-state index contributed by atoms with van der Waals surface area (Å²) in [5.41, 5.74) is 0.982. The fourth-order valence-electron chi connectivity index (χ4n) is 4.51. The number of sulfonamides is 2. The summed E-state index contributed by atoms with van der Waals surface area (Å²) in [4.78, 5) is 13.2. The van der Waals surface area contributed by atoms with Crippen molar-refractivity contribution in [3.05, 3.63) is 54.1 Å². The van der Waals surface area contributed by atoms with Crippen LogP contribution in [0.4, 0.5) is 0 Å². The third-order valence-electron chi connectivity index (χ3n) is 6.61. The Bertz CT molecular complexity index is 1260. The summed E-state index contributed by atoms with van der Waals surface area (Å²) in [5.74, 6) is -0.110. The molecule has 4 rings (SSSR count). The molecule has 1 atom stereocenters. The summed E-state index contributed by atoms with van der Waals surface area (Å²) in [7, 11) is -7.11. The number of carbonyl (C=O) groups is 1. The Morgan fingerprint density at radius 1 is 0.861 bits per heavy atom. The summed E-state index contributed by atoms with van der Waals surface area (Å²) in [6.45, 7) is 4.02. The first-order valence-electron chi connectivity index (χ1n) is 12.3. The van der Waals surface area contributed by atoms with Gasteiger partial charge in [-0.15, -0.1) is 0 Å². The molecule has 2 aliphatic heterocycles. The van der Waals surface area contributed by atoms with Crippen LogP contribution in [0, 0.1) is 12.8 Å². The van der Waals surface area contributed by atoms with E-state index in [0.717, 1.165) is 18.4 Å². The Morgan fingerprint density at radius 3 is 2.06 bits per heavy atom. The minimum atomic E-state index is -3.64. The lowest BCUT2D eigenvalue weighted by Crippen LogP contribution is -2.45. The molecule has 0 bridgehead atoms. The third kappa shape index (κ3) is 6.08. The van der Waals surface area contributed by atoms with Crippen molar-refractivity contribution < 1.29 is 26.4 Å². The highest BCUT2D eigenvalue weighted by molar-refractivity contribution is 7.89. The zero-order chi connectivity index (χ0) is 25.8. The van der Waals surface area contributed by atoms with Crippen molar-refractivity contribution in [1.29, 1.82) is 0 Å². The van der Waals surface area contributed by atoms with Crippen molar-refractivity contribution in [2.24, 2.45) is 5.92 Å². The van der Waals surface area contributed by atoms with Crippen molar-refractivity contribution in [3.8, 4) is 5.75 Å². The zero-order valence-electron chi connectivity index (χ0n) is 20.4. The fourth-order valence-corrected chi connectivity index (χ4v) is 7.55. The van der Waals surface area contributed by atoms with Gasteiger partial charge < -0.3 is 10.1 Å². The highest BCUT2D eigenvalue weighted by Gasteiger charge is 2.33. The smallest absolute Gasteiger partial charge is 0.243 e. The van der Waals surface area contributed by atoms with Gasteiger partial charge in [-0.1, -0.05) is 17.7 Å². The predicted molar refractivity (Wildman–Crippen MR) is 136 cm³/mol. The second-order valence-corrected chi connectivity index (χ2v) is 13.1. The molecule has 9 nitrogen and oxygen atoms in total. The monoisotopic (exact) mass is 535 g/mol. The quantitative estimate of drug-likeness (QED) is 0.494. The Balaban J connectivity index is 1.24. The second kappa shape index (κ2) is 11.3. The Hall–Kier alpha value is -2.47. The maximum Gasteiger partial charge on any atom is 0.243 e. The number of aryl methyl sites for hydroxylation is 1. The normalized spacial score (nSPS) is 19.8. The first-order chi connectivity index (χ1) is 17.2. The molecule has 2 aliphatic rings. The van der Waals surface area contributed by atoms with Crippen molar-refractivity contribution >= 4 is 26.0 Å². The van der Waals surface area contributed by atoms with E-state index in [9.17, 15) is 21.6 Å². The van der Waals surface area contributed by atoms with Gasteiger partial charge in [-0.3, -0.25) is 4.79 Å². The largest absolute Gasteiger partial charge is 0.492 e. The molecule has 0 aromatic heterocycles. The number of carbonyl (C=O) groups excluding carboxylic acids is 1. The molecule has 0 spiro atoms. The van der Waals surface area contributed by atoms with Crippen LogP contribution >= 0.6 is 0 Å². The molecule has 1 amide bonds. The molecule has 1 unspecified atom stereocenters. The molecule has 2 aromatic carbocycles. The van der Waals surface area contributed by atoms with Gasteiger partial charge in [0.2, 0.25) is 26.0 Å². The van der Waals surface area contributed by atoms with Crippen LogP contribution in [-0.2, 0) is 24.8 Å². The SMILES string of the molecule is Cc1ccc(S(=O)(=O)N2CCCC(C(=O)NCCOc3ccc(S(=O)(=O)N4CCCC4)cc3)C2)cc1. The third-order valence-corrected chi connectivity index (χ3v) is 10.4.